The van der Waals surface area contributed by atoms with Gasteiger partial charge in [-0.1, -0.05) is 86.5 Å². The number of aromatic nitrogens is 4. The van der Waals surface area contributed by atoms with Gasteiger partial charge in [-0.25, -0.2) is 0 Å². The molecule has 0 aliphatic carbocycles. The van der Waals surface area contributed by atoms with Gasteiger partial charge in [-0.15, -0.1) is 0 Å². The Bertz CT molecular complexity index is 2140. The van der Waals surface area contributed by atoms with Crippen molar-refractivity contribution in [3.05, 3.63) is 118 Å². The molecule has 0 unspecified atom stereocenters. The van der Waals surface area contributed by atoms with Gasteiger partial charge in [0.05, 0.1) is 6.61 Å². The molecule has 3 heterocycles. The van der Waals surface area contributed by atoms with Crippen molar-refractivity contribution in [1.29, 1.82) is 0 Å². The molecule has 1 aliphatic rings. The van der Waals surface area contributed by atoms with E-state index in [1.54, 1.807) is 6.07 Å². The van der Waals surface area contributed by atoms with Gasteiger partial charge in [0.1, 0.15) is 6.29 Å². The van der Waals surface area contributed by atoms with Crippen LogP contribution >= 0.6 is 0 Å². The predicted octanol–water partition coefficient (Wildman–Crippen LogP) is 9.68. The molecule has 0 spiro atoms. The summed E-state index contributed by atoms with van der Waals surface area (Å²) < 4.78 is 32.6. The van der Waals surface area contributed by atoms with Crippen molar-refractivity contribution in [3.8, 4) is 45.7 Å². The normalized spacial score (nSPS) is 11.9. The van der Waals surface area contributed by atoms with E-state index in [1.165, 1.54) is 24.0 Å². The molecule has 0 atom stereocenters. The molecule has 11 nitrogen and oxygen atoms in total. The van der Waals surface area contributed by atoms with E-state index in [1.807, 2.05) is 68.4 Å². The zero-order valence-corrected chi connectivity index (χ0v) is 34.0. The first-order valence-electron chi connectivity index (χ1n) is 18.6. The maximum atomic E-state index is 10.9. The van der Waals surface area contributed by atoms with Gasteiger partial charge >= 0.3 is 22.5 Å². The summed E-state index contributed by atoms with van der Waals surface area (Å²) >= 11 is -1.44. The van der Waals surface area contributed by atoms with E-state index in [-0.39, 0.29) is 6.61 Å². The summed E-state index contributed by atoms with van der Waals surface area (Å²) in [5.41, 5.74) is 9.64. The Morgan fingerprint density at radius 2 is 1.09 bits per heavy atom. The fourth-order valence-electron chi connectivity index (χ4n) is 5.90. The standard InChI is InChI=1S/C20H22N2O2.C20H20N2O2.C4H8O.Mn.2O/c2*1-13(2)10-15-4-6-16(7-5-15)20-21-19(22-24-20)17-8-9-18(12-23)14(3)11-17;1-2-4-5-3-1;;;/h4-9,11,13,23H,10,12H2,1-3H3;4-9,11-13H,10H2,1-3H3;1-4H2;;;. The van der Waals surface area contributed by atoms with Crippen molar-refractivity contribution >= 4 is 6.29 Å². The van der Waals surface area contributed by atoms with Crippen molar-refractivity contribution in [2.75, 3.05) is 13.2 Å². The second kappa shape index (κ2) is 22.4. The van der Waals surface area contributed by atoms with Crippen LogP contribution in [0.5, 0.6) is 0 Å². The summed E-state index contributed by atoms with van der Waals surface area (Å²) in [5, 5.41) is 17.4. The van der Waals surface area contributed by atoms with Crippen molar-refractivity contribution in [2.24, 2.45) is 11.8 Å². The monoisotopic (exact) mass is 801 g/mol. The molecule has 1 N–H and O–H groups in total. The summed E-state index contributed by atoms with van der Waals surface area (Å²) in [6, 6.07) is 27.7. The van der Waals surface area contributed by atoms with Gasteiger partial charge in [-0.3, -0.25) is 4.79 Å². The molecule has 4 aromatic carbocycles. The van der Waals surface area contributed by atoms with E-state index in [2.05, 4.69) is 72.2 Å². The molecule has 7 rings (SSSR count). The second-order valence-corrected chi connectivity index (χ2v) is 14.5. The van der Waals surface area contributed by atoms with Crippen LogP contribution in [0.3, 0.4) is 0 Å². The van der Waals surface area contributed by atoms with E-state index in [0.717, 1.165) is 71.3 Å². The molecule has 6 aromatic rings. The number of hydrogen-bond acceptors (Lipinski definition) is 11. The number of aliphatic hydroxyl groups is 1. The third-order valence-corrected chi connectivity index (χ3v) is 8.80. The van der Waals surface area contributed by atoms with E-state index >= 15 is 0 Å². The molecule has 0 amide bonds. The van der Waals surface area contributed by atoms with E-state index in [4.69, 9.17) is 21.5 Å². The molecular weight excluding hydrogens is 751 g/mol. The van der Waals surface area contributed by atoms with Crippen molar-refractivity contribution in [1.82, 2.24) is 20.3 Å². The van der Waals surface area contributed by atoms with Crippen LogP contribution in [-0.2, 0) is 46.7 Å². The van der Waals surface area contributed by atoms with Gasteiger partial charge in [0.15, 0.2) is 0 Å². The third-order valence-electron chi connectivity index (χ3n) is 8.80. The number of aryl methyl sites for hydroxylation is 2. The van der Waals surface area contributed by atoms with Crippen LogP contribution in [0.2, 0.25) is 0 Å². The molecule has 0 radical (unpaired) electrons. The molecule has 56 heavy (non-hydrogen) atoms. The number of rotatable bonds is 10. The van der Waals surface area contributed by atoms with E-state index in [9.17, 15) is 9.90 Å². The molecular formula is C44H50MnN4O7. The molecule has 1 aliphatic heterocycles. The number of aldehydes is 1. The second-order valence-electron chi connectivity index (χ2n) is 14.3. The molecule has 1 saturated heterocycles. The summed E-state index contributed by atoms with van der Waals surface area (Å²) in [6.07, 6.45) is 5.52. The first-order valence-corrected chi connectivity index (χ1v) is 19.6. The van der Waals surface area contributed by atoms with E-state index in [0.29, 0.717) is 40.8 Å². The number of carbonyl (C=O) groups is 1. The summed E-state index contributed by atoms with van der Waals surface area (Å²) in [5.74, 6) is 3.36. The average molecular weight is 802 g/mol. The van der Waals surface area contributed by atoms with E-state index < -0.39 is 14.8 Å². The molecule has 295 valence electrons. The van der Waals surface area contributed by atoms with Crippen LogP contribution in [0.1, 0.15) is 78.7 Å². The third kappa shape index (κ3) is 13.3. The Balaban J connectivity index is 0.000000208. The van der Waals surface area contributed by atoms with Crippen LogP contribution in [0, 0.1) is 25.7 Å². The first kappa shape index (κ1) is 43.6. The molecule has 12 heteroatoms. The van der Waals surface area contributed by atoms with Gasteiger partial charge in [-0.05, 0) is 116 Å². The van der Waals surface area contributed by atoms with Crippen LogP contribution in [0.4, 0.5) is 0 Å². The Labute approximate surface area is 334 Å². The first-order chi connectivity index (χ1) is 27.0. The Morgan fingerprint density at radius 3 is 1.45 bits per heavy atom. The summed E-state index contributed by atoms with van der Waals surface area (Å²) in [6.45, 7) is 14.7. The quantitative estimate of drug-likeness (QED) is 0.104. The maximum absolute atomic E-state index is 10.9. The number of hydrogen-bond donors (Lipinski definition) is 1. The molecule has 1 fully saturated rings. The SMILES string of the molecule is C1CCOC1.Cc1cc(-c2noc(-c3ccc(CC(C)C)cc3)n2)ccc1C=O.Cc1cc(-c2noc(-c3ccc(CC(C)C)cc3)n2)ccc1CO.[O]=[Mn]=[O]. The fourth-order valence-corrected chi connectivity index (χ4v) is 5.90. The molecule has 0 saturated carbocycles. The van der Waals surface area contributed by atoms with Gasteiger partial charge < -0.3 is 18.9 Å². The number of nitrogens with zero attached hydrogens (tertiary/aromatic N) is 4. The molecule has 0 bridgehead atoms. The number of aliphatic hydroxyl groups excluding tert-OH is 1. The van der Waals surface area contributed by atoms with Crippen LogP contribution in [0.15, 0.2) is 94.0 Å². The zero-order chi connectivity index (χ0) is 40.5. The topological polar surface area (TPSA) is 159 Å². The Hall–Kier alpha value is -5.13. The van der Waals surface area contributed by atoms with Crippen LogP contribution in [0.25, 0.3) is 45.7 Å². The zero-order valence-electron chi connectivity index (χ0n) is 32.8. The summed E-state index contributed by atoms with van der Waals surface area (Å²) in [4.78, 5) is 19.9. The van der Waals surface area contributed by atoms with Gasteiger partial charge in [0.2, 0.25) is 11.6 Å². The van der Waals surface area contributed by atoms with Crippen LogP contribution in [-0.4, -0.2) is 44.9 Å². The van der Waals surface area contributed by atoms with Gasteiger partial charge in [0, 0.05) is 41.0 Å². The minimum absolute atomic E-state index is 0.0341. The van der Waals surface area contributed by atoms with Crippen LogP contribution < -0.4 is 0 Å². The Morgan fingerprint density at radius 1 is 0.661 bits per heavy atom. The van der Waals surface area contributed by atoms with Gasteiger partial charge in [-0.2, -0.15) is 9.97 Å². The predicted molar refractivity (Wildman–Crippen MR) is 210 cm³/mol. The van der Waals surface area contributed by atoms with Crippen molar-refractivity contribution in [2.45, 2.75) is 73.8 Å². The number of benzene rings is 4. The molecule has 2 aromatic heterocycles. The summed E-state index contributed by atoms with van der Waals surface area (Å²) in [7, 11) is 0. The average Bonchev–Trinajstić information content (AvgIpc) is 4.01. The van der Waals surface area contributed by atoms with Crippen molar-refractivity contribution < 1.29 is 46.2 Å². The number of ether oxygens (including phenoxy) is 1. The number of carbonyl (C=O) groups excluding carboxylic acids is 1. The Kier molecular flexibility index (Phi) is 17.5. The minimum atomic E-state index is -1.44. The van der Waals surface area contributed by atoms with Crippen molar-refractivity contribution in [3.63, 3.8) is 0 Å². The fraction of sp³-hybridized carbons (Fsp3) is 0.341. The van der Waals surface area contributed by atoms with Gasteiger partial charge in [0.25, 0.3) is 11.8 Å².